The van der Waals surface area contributed by atoms with Crippen molar-refractivity contribution in [2.45, 2.75) is 25.3 Å². The van der Waals surface area contributed by atoms with Crippen LogP contribution in [0.25, 0.3) is 0 Å². The number of aromatic nitrogens is 1. The molecule has 7 nitrogen and oxygen atoms in total. The molecule has 3 aromatic rings. The number of carbonyl (C=O) groups excluding carboxylic acids is 2. The van der Waals surface area contributed by atoms with E-state index in [1.807, 2.05) is 24.3 Å². The number of thiazole rings is 1. The number of nitrogens with one attached hydrogen (secondary N) is 2. The van der Waals surface area contributed by atoms with Crippen LogP contribution in [-0.2, 0) is 17.8 Å². The molecule has 160 valence electrons. The molecule has 2 N–H and O–H groups in total. The van der Waals surface area contributed by atoms with Gasteiger partial charge < -0.3 is 14.8 Å². The van der Waals surface area contributed by atoms with Crippen molar-refractivity contribution in [3.05, 3.63) is 70.2 Å². The summed E-state index contributed by atoms with van der Waals surface area (Å²) in [4.78, 5) is 30.9. The van der Waals surface area contributed by atoms with Gasteiger partial charge in [0.15, 0.2) is 5.13 Å². The summed E-state index contributed by atoms with van der Waals surface area (Å²) in [6, 6.07) is 14.5. The standard InChI is InChI=1S/C23H23N3O4S/c1-29-16-8-6-15(7-9-16)21(27)26-23-25-20-18(10-11-19(20)31-23)22(28)24-13-14-4-3-5-17(12-14)30-2/h3-9,12,18H,10-11,13H2,1-2H3,(H,24,28)(H,25,26,27). The van der Waals surface area contributed by atoms with Crippen LogP contribution in [0.2, 0.25) is 0 Å². The molecule has 31 heavy (non-hydrogen) atoms. The molecule has 0 fully saturated rings. The first-order valence-electron chi connectivity index (χ1n) is 9.93. The van der Waals surface area contributed by atoms with Gasteiger partial charge in [-0.1, -0.05) is 12.1 Å². The summed E-state index contributed by atoms with van der Waals surface area (Å²) in [5, 5.41) is 6.34. The Morgan fingerprint density at radius 2 is 1.87 bits per heavy atom. The summed E-state index contributed by atoms with van der Waals surface area (Å²) < 4.78 is 10.3. The summed E-state index contributed by atoms with van der Waals surface area (Å²) in [5.74, 6) is 0.844. The fourth-order valence-corrected chi connectivity index (χ4v) is 4.58. The second-order valence-electron chi connectivity index (χ2n) is 7.17. The molecule has 8 heteroatoms. The van der Waals surface area contributed by atoms with Gasteiger partial charge in [0, 0.05) is 17.0 Å². The van der Waals surface area contributed by atoms with Crippen LogP contribution in [0.1, 0.15) is 38.8 Å². The van der Waals surface area contributed by atoms with Gasteiger partial charge >= 0.3 is 0 Å². The van der Waals surface area contributed by atoms with Crippen molar-refractivity contribution in [1.82, 2.24) is 10.3 Å². The fourth-order valence-electron chi connectivity index (χ4n) is 3.54. The number of carbonyl (C=O) groups is 2. The van der Waals surface area contributed by atoms with Gasteiger partial charge in [-0.15, -0.1) is 11.3 Å². The summed E-state index contributed by atoms with van der Waals surface area (Å²) >= 11 is 1.43. The highest BCUT2D eigenvalue weighted by molar-refractivity contribution is 7.16. The van der Waals surface area contributed by atoms with E-state index in [9.17, 15) is 9.59 Å². The van der Waals surface area contributed by atoms with Crippen LogP contribution in [-0.4, -0.2) is 31.0 Å². The lowest BCUT2D eigenvalue weighted by molar-refractivity contribution is -0.122. The molecule has 2 amide bonds. The van der Waals surface area contributed by atoms with Gasteiger partial charge in [0.2, 0.25) is 5.91 Å². The zero-order valence-electron chi connectivity index (χ0n) is 17.3. The van der Waals surface area contributed by atoms with E-state index >= 15 is 0 Å². The number of hydrogen-bond acceptors (Lipinski definition) is 6. The average molecular weight is 438 g/mol. The number of anilines is 1. The predicted octanol–water partition coefficient (Wildman–Crippen LogP) is 3.76. The molecule has 0 aliphatic heterocycles. The van der Waals surface area contributed by atoms with Gasteiger partial charge in [0.1, 0.15) is 11.5 Å². The van der Waals surface area contributed by atoms with Crippen molar-refractivity contribution in [3.8, 4) is 11.5 Å². The fraction of sp³-hybridized carbons (Fsp3) is 0.261. The molecule has 1 aliphatic carbocycles. The number of nitrogens with zero attached hydrogens (tertiary/aromatic N) is 1. The molecule has 0 bridgehead atoms. The van der Waals surface area contributed by atoms with Crippen LogP contribution >= 0.6 is 11.3 Å². The Hall–Kier alpha value is -3.39. The maximum Gasteiger partial charge on any atom is 0.257 e. The van der Waals surface area contributed by atoms with Crippen molar-refractivity contribution >= 4 is 28.3 Å². The summed E-state index contributed by atoms with van der Waals surface area (Å²) in [6.45, 7) is 0.424. The van der Waals surface area contributed by atoms with Gasteiger partial charge in [0.05, 0.1) is 25.8 Å². The summed E-state index contributed by atoms with van der Waals surface area (Å²) in [5.41, 5.74) is 2.25. The molecule has 1 heterocycles. The van der Waals surface area contributed by atoms with E-state index in [2.05, 4.69) is 15.6 Å². The number of methoxy groups -OCH3 is 2. The molecule has 1 atom stereocenters. The van der Waals surface area contributed by atoms with Crippen molar-refractivity contribution in [1.29, 1.82) is 0 Å². The van der Waals surface area contributed by atoms with Crippen molar-refractivity contribution in [2.75, 3.05) is 19.5 Å². The molecule has 1 aliphatic rings. The minimum atomic E-state index is -0.302. The van der Waals surface area contributed by atoms with E-state index in [-0.39, 0.29) is 17.7 Å². The third-order valence-corrected chi connectivity index (χ3v) is 6.25. The van der Waals surface area contributed by atoms with E-state index in [0.717, 1.165) is 34.7 Å². The SMILES string of the molecule is COc1ccc(C(=O)Nc2nc3c(s2)CCC3C(=O)NCc2cccc(OC)c2)cc1. The van der Waals surface area contributed by atoms with Crippen molar-refractivity contribution in [3.63, 3.8) is 0 Å². The van der Waals surface area contributed by atoms with Crippen LogP contribution in [0, 0.1) is 0 Å². The first kappa shape index (κ1) is 20.9. The van der Waals surface area contributed by atoms with Gasteiger partial charge in [-0.3, -0.25) is 14.9 Å². The smallest absolute Gasteiger partial charge is 0.257 e. The third-order valence-electron chi connectivity index (χ3n) is 5.21. The molecular weight excluding hydrogens is 414 g/mol. The van der Waals surface area contributed by atoms with Crippen molar-refractivity contribution < 1.29 is 19.1 Å². The molecule has 0 saturated heterocycles. The van der Waals surface area contributed by atoms with Crippen LogP contribution in [0.15, 0.2) is 48.5 Å². The Kier molecular flexibility index (Phi) is 6.18. The zero-order chi connectivity index (χ0) is 21.8. The van der Waals surface area contributed by atoms with Crippen LogP contribution in [0.3, 0.4) is 0 Å². The minimum Gasteiger partial charge on any atom is -0.497 e. The highest BCUT2D eigenvalue weighted by atomic mass is 32.1. The quantitative estimate of drug-likeness (QED) is 0.588. The normalized spacial score (nSPS) is 14.6. The summed E-state index contributed by atoms with van der Waals surface area (Å²) in [6.07, 6.45) is 1.51. The molecule has 0 saturated carbocycles. The molecule has 2 aromatic carbocycles. The van der Waals surface area contributed by atoms with Gasteiger partial charge in [0.25, 0.3) is 5.91 Å². The molecule has 1 aromatic heterocycles. The predicted molar refractivity (Wildman–Crippen MR) is 119 cm³/mol. The number of aryl methyl sites for hydroxylation is 1. The Morgan fingerprint density at radius 1 is 1.10 bits per heavy atom. The van der Waals surface area contributed by atoms with E-state index in [1.165, 1.54) is 11.3 Å². The molecular formula is C23H23N3O4S. The van der Waals surface area contributed by atoms with Crippen LogP contribution < -0.4 is 20.1 Å². The molecule has 0 radical (unpaired) electrons. The Labute approximate surface area is 184 Å². The monoisotopic (exact) mass is 437 g/mol. The van der Waals surface area contributed by atoms with E-state index in [1.54, 1.807) is 38.5 Å². The van der Waals surface area contributed by atoms with Crippen molar-refractivity contribution in [2.24, 2.45) is 0 Å². The number of hydrogen-bond donors (Lipinski definition) is 2. The number of amides is 2. The highest BCUT2D eigenvalue weighted by Gasteiger charge is 2.32. The lowest BCUT2D eigenvalue weighted by atomic mass is 10.1. The number of benzene rings is 2. The number of ether oxygens (including phenoxy) is 2. The van der Waals surface area contributed by atoms with Crippen LogP contribution in [0.5, 0.6) is 11.5 Å². The largest absolute Gasteiger partial charge is 0.497 e. The van der Waals surface area contributed by atoms with E-state index in [0.29, 0.717) is 23.0 Å². The third kappa shape index (κ3) is 4.69. The summed E-state index contributed by atoms with van der Waals surface area (Å²) in [7, 11) is 3.19. The lowest BCUT2D eigenvalue weighted by Crippen LogP contribution is -2.28. The van der Waals surface area contributed by atoms with Gasteiger partial charge in [-0.25, -0.2) is 4.98 Å². The topological polar surface area (TPSA) is 89.5 Å². The Balaban J connectivity index is 1.39. The number of fused-ring (bicyclic) bond motifs is 1. The molecule has 0 spiro atoms. The van der Waals surface area contributed by atoms with E-state index < -0.39 is 0 Å². The number of rotatable bonds is 7. The average Bonchev–Trinajstić information content (AvgIpc) is 3.37. The Morgan fingerprint density at radius 3 is 2.61 bits per heavy atom. The second kappa shape index (κ2) is 9.18. The van der Waals surface area contributed by atoms with E-state index in [4.69, 9.17) is 9.47 Å². The minimum absolute atomic E-state index is 0.0556. The zero-order valence-corrected chi connectivity index (χ0v) is 18.1. The highest BCUT2D eigenvalue weighted by Crippen LogP contribution is 2.38. The first-order valence-corrected chi connectivity index (χ1v) is 10.7. The maximum absolute atomic E-state index is 12.8. The lowest BCUT2D eigenvalue weighted by Gasteiger charge is -2.11. The van der Waals surface area contributed by atoms with Gasteiger partial charge in [-0.2, -0.15) is 0 Å². The maximum atomic E-state index is 12.8. The first-order chi connectivity index (χ1) is 15.1. The molecule has 1 unspecified atom stereocenters. The molecule has 4 rings (SSSR count). The second-order valence-corrected chi connectivity index (χ2v) is 8.25. The van der Waals surface area contributed by atoms with Gasteiger partial charge in [-0.05, 0) is 54.8 Å². The van der Waals surface area contributed by atoms with Crippen LogP contribution in [0.4, 0.5) is 5.13 Å². The Bertz CT molecular complexity index is 1090.